The molecule has 0 saturated carbocycles. The molecule has 1 unspecified atom stereocenters. The van der Waals surface area contributed by atoms with E-state index in [9.17, 15) is 14.0 Å². The predicted molar refractivity (Wildman–Crippen MR) is 107 cm³/mol. The fourth-order valence-corrected chi connectivity index (χ4v) is 4.10. The van der Waals surface area contributed by atoms with Crippen LogP contribution in [0.4, 0.5) is 15.8 Å². The number of benzene rings is 2. The standard InChI is InChI=1S/C20H18BrFN4O2/c1-11-14-3-2-13(21)6-12(14)4-5-26(11)19(27)9-23-18-8-17-15(7-16(18)22)20(28)25-10-24-17/h2-3,6-8,10-11,23H,4-5,9H2,1H3,(H,24,25,28)/p+1. The van der Waals surface area contributed by atoms with Gasteiger partial charge in [-0.15, -0.1) is 0 Å². The van der Waals surface area contributed by atoms with Crippen LogP contribution in [-0.2, 0) is 11.2 Å². The van der Waals surface area contributed by atoms with Crippen LogP contribution in [0.2, 0.25) is 0 Å². The van der Waals surface area contributed by atoms with Gasteiger partial charge in [0.25, 0.3) is 0 Å². The van der Waals surface area contributed by atoms with E-state index in [1.54, 1.807) is 4.90 Å². The Bertz CT molecular complexity index is 1010. The molecule has 3 N–H and O–H groups in total. The van der Waals surface area contributed by atoms with Crippen molar-refractivity contribution < 1.29 is 19.3 Å². The molecule has 2 heterocycles. The zero-order valence-corrected chi connectivity index (χ0v) is 16.8. The quantitative estimate of drug-likeness (QED) is 0.761. The summed E-state index contributed by atoms with van der Waals surface area (Å²) in [6.07, 6.45) is 2.17. The molecule has 2 aromatic rings. The monoisotopic (exact) mass is 445 g/mol. The predicted octanol–water partition coefficient (Wildman–Crippen LogP) is 2.52. The molecule has 0 bridgehead atoms. The summed E-state index contributed by atoms with van der Waals surface area (Å²) in [5, 5.41) is 4.16. The first kappa shape index (κ1) is 18.8. The lowest BCUT2D eigenvalue weighted by Gasteiger charge is -2.35. The van der Waals surface area contributed by atoms with E-state index in [4.69, 9.17) is 0 Å². The molecule has 0 aliphatic carbocycles. The van der Waals surface area contributed by atoms with Crippen molar-refractivity contribution in [3.63, 3.8) is 0 Å². The van der Waals surface area contributed by atoms with E-state index in [0.717, 1.165) is 22.5 Å². The third-order valence-electron chi connectivity index (χ3n) is 5.19. The van der Waals surface area contributed by atoms with E-state index >= 15 is 0 Å². The van der Waals surface area contributed by atoms with Crippen LogP contribution in [0.3, 0.4) is 0 Å². The van der Waals surface area contributed by atoms with E-state index in [1.807, 2.05) is 19.1 Å². The summed E-state index contributed by atoms with van der Waals surface area (Å²) in [7, 11) is 0. The molecule has 8 heteroatoms. The van der Waals surface area contributed by atoms with E-state index < -0.39 is 5.82 Å². The SMILES string of the molecule is CC1c2ccc(Br)cc2CCN1C(=O)CNc1cc2c(cc1F)C(=O)[NH2+]C=N2. The smallest absolute Gasteiger partial charge is 0.350 e. The molecule has 0 radical (unpaired) electrons. The third-order valence-corrected chi connectivity index (χ3v) is 5.68. The second-order valence-electron chi connectivity index (χ2n) is 6.87. The largest absolute Gasteiger partial charge is 0.374 e. The van der Waals surface area contributed by atoms with Crippen molar-refractivity contribution in [2.24, 2.45) is 4.99 Å². The number of carbonyl (C=O) groups excluding carboxylic acids is 2. The number of nitrogens with one attached hydrogen (secondary N) is 1. The maximum absolute atomic E-state index is 14.3. The number of anilines is 1. The van der Waals surface area contributed by atoms with Gasteiger partial charge in [-0.05, 0) is 48.7 Å². The average Bonchev–Trinajstić information content (AvgIpc) is 2.67. The molecule has 0 aromatic heterocycles. The van der Waals surface area contributed by atoms with Crippen LogP contribution in [0.5, 0.6) is 0 Å². The molecule has 28 heavy (non-hydrogen) atoms. The van der Waals surface area contributed by atoms with Crippen molar-refractivity contribution in [3.05, 3.63) is 57.3 Å². The van der Waals surface area contributed by atoms with Crippen molar-refractivity contribution >= 4 is 45.5 Å². The number of nitrogens with zero attached hydrogens (tertiary/aromatic N) is 2. The second-order valence-corrected chi connectivity index (χ2v) is 7.78. The van der Waals surface area contributed by atoms with Gasteiger partial charge < -0.3 is 10.2 Å². The summed E-state index contributed by atoms with van der Waals surface area (Å²) in [4.78, 5) is 30.4. The Hall–Kier alpha value is -2.58. The number of rotatable bonds is 3. The minimum absolute atomic E-state index is 0.0320. The van der Waals surface area contributed by atoms with Crippen LogP contribution in [-0.4, -0.2) is 36.1 Å². The van der Waals surface area contributed by atoms with E-state index in [0.29, 0.717) is 12.2 Å². The zero-order valence-electron chi connectivity index (χ0n) is 15.2. The summed E-state index contributed by atoms with van der Waals surface area (Å²) >= 11 is 3.48. The molecule has 0 saturated heterocycles. The van der Waals surface area contributed by atoms with Crippen LogP contribution in [0, 0.1) is 5.82 Å². The fourth-order valence-electron chi connectivity index (χ4n) is 3.69. The molecular weight excluding hydrogens is 427 g/mol. The van der Waals surface area contributed by atoms with Gasteiger partial charge in [-0.25, -0.2) is 19.5 Å². The molecule has 2 aliphatic heterocycles. The highest BCUT2D eigenvalue weighted by Gasteiger charge is 2.28. The minimum Gasteiger partial charge on any atom is -0.374 e. The van der Waals surface area contributed by atoms with Gasteiger partial charge in [0.15, 0.2) is 6.34 Å². The molecule has 144 valence electrons. The molecule has 6 nitrogen and oxygen atoms in total. The number of halogens is 2. The zero-order chi connectivity index (χ0) is 19.8. The molecule has 2 amide bonds. The Morgan fingerprint density at radius 1 is 1.39 bits per heavy atom. The Balaban J connectivity index is 1.47. The lowest BCUT2D eigenvalue weighted by atomic mass is 9.93. The highest BCUT2D eigenvalue weighted by Crippen LogP contribution is 2.32. The lowest BCUT2D eigenvalue weighted by molar-refractivity contribution is -0.420. The Kier molecular flexibility index (Phi) is 4.99. The van der Waals surface area contributed by atoms with Gasteiger partial charge in [-0.1, -0.05) is 22.0 Å². The summed E-state index contributed by atoms with van der Waals surface area (Å²) in [5.74, 6) is -0.961. The third kappa shape index (κ3) is 3.45. The van der Waals surface area contributed by atoms with Gasteiger partial charge in [0.05, 0.1) is 24.0 Å². The van der Waals surface area contributed by atoms with Crippen LogP contribution in [0.1, 0.15) is 34.5 Å². The first-order valence-electron chi connectivity index (χ1n) is 9.01. The Labute approximate surface area is 170 Å². The van der Waals surface area contributed by atoms with Gasteiger partial charge >= 0.3 is 5.91 Å². The molecule has 2 aliphatic rings. The molecular formula is C20H19BrFN4O2+. The van der Waals surface area contributed by atoms with E-state index in [-0.39, 0.29) is 35.7 Å². The summed E-state index contributed by atoms with van der Waals surface area (Å²) in [6.45, 7) is 2.59. The van der Waals surface area contributed by atoms with Gasteiger partial charge in [0, 0.05) is 11.0 Å². The number of fused-ring (bicyclic) bond motifs is 2. The van der Waals surface area contributed by atoms with Gasteiger partial charge in [0.2, 0.25) is 5.91 Å². The van der Waals surface area contributed by atoms with Crippen LogP contribution in [0.25, 0.3) is 0 Å². The van der Waals surface area contributed by atoms with Crippen molar-refractivity contribution in [3.8, 4) is 0 Å². The Morgan fingerprint density at radius 2 is 2.21 bits per heavy atom. The topological polar surface area (TPSA) is 78.4 Å². The number of aliphatic imine (C=N–C) groups is 1. The van der Waals surface area contributed by atoms with Crippen LogP contribution in [0.15, 0.2) is 39.8 Å². The maximum Gasteiger partial charge on any atom is 0.350 e. The van der Waals surface area contributed by atoms with E-state index in [1.165, 1.54) is 23.3 Å². The molecule has 2 aromatic carbocycles. The van der Waals surface area contributed by atoms with Crippen molar-refractivity contribution in [1.29, 1.82) is 0 Å². The first-order chi connectivity index (χ1) is 13.4. The highest BCUT2D eigenvalue weighted by atomic mass is 79.9. The summed E-state index contributed by atoms with van der Waals surface area (Å²) in [6, 6.07) is 8.68. The number of amides is 2. The van der Waals surface area contributed by atoms with Gasteiger partial charge in [0.1, 0.15) is 11.4 Å². The number of quaternary nitrogens is 1. The molecule has 0 fully saturated rings. The summed E-state index contributed by atoms with van der Waals surface area (Å²) in [5.41, 5.74) is 3.15. The van der Waals surface area contributed by atoms with Crippen molar-refractivity contribution in [2.75, 3.05) is 18.4 Å². The van der Waals surface area contributed by atoms with Gasteiger partial charge in [-0.3, -0.25) is 4.79 Å². The lowest BCUT2D eigenvalue weighted by Crippen LogP contribution is -2.87. The van der Waals surface area contributed by atoms with Crippen molar-refractivity contribution in [2.45, 2.75) is 19.4 Å². The molecule has 0 spiro atoms. The second kappa shape index (κ2) is 7.44. The normalized spacial score (nSPS) is 17.9. The number of hydrogen-bond acceptors (Lipinski definition) is 4. The highest BCUT2D eigenvalue weighted by molar-refractivity contribution is 9.10. The van der Waals surface area contributed by atoms with E-state index in [2.05, 4.69) is 32.3 Å². The maximum atomic E-state index is 14.3. The number of primary amides is 1. The van der Waals surface area contributed by atoms with Crippen LogP contribution >= 0.6 is 15.9 Å². The summed E-state index contributed by atoms with van der Waals surface area (Å²) < 4.78 is 15.4. The number of carbonyl (C=O) groups is 2. The molecule has 4 rings (SSSR count). The van der Waals surface area contributed by atoms with Gasteiger partial charge in [-0.2, -0.15) is 0 Å². The Morgan fingerprint density at radius 3 is 3.04 bits per heavy atom. The average molecular weight is 446 g/mol. The van der Waals surface area contributed by atoms with Crippen LogP contribution < -0.4 is 10.6 Å². The fraction of sp³-hybridized carbons (Fsp3) is 0.250. The number of nitrogens with two attached hydrogens (primary N) is 1. The number of hydrogen-bond donors (Lipinski definition) is 2. The van der Waals surface area contributed by atoms with Crippen molar-refractivity contribution in [1.82, 2.24) is 4.90 Å². The minimum atomic E-state index is -0.577. The first-order valence-corrected chi connectivity index (χ1v) is 9.80. The molecule has 1 atom stereocenters.